The number of aromatic nitrogens is 3. The minimum absolute atomic E-state index is 0.00929. The van der Waals surface area contributed by atoms with Crippen molar-refractivity contribution in [1.29, 1.82) is 0 Å². The van der Waals surface area contributed by atoms with Crippen molar-refractivity contribution in [2.24, 2.45) is 0 Å². The second kappa shape index (κ2) is 10.9. The highest BCUT2D eigenvalue weighted by molar-refractivity contribution is 5.99. The third kappa shape index (κ3) is 4.89. The number of carbonyl (C=O) groups is 1. The standard InChI is InChI=1S/C34H37FN6O2/c1-4-29(42)39-16-17-41(23(3)19-39)32-27-12-13-28(26-11-6-10-24-9-5-8-22(2)30(24)26)36-31(27)37-33(38-32)43-21-34-14-7-15-40(34)20-25(35)18-34/h4-6,8-13,23,25H,1,7,14-21H2,2-3H3/t23-,25-,34+/m1/s1. The van der Waals surface area contributed by atoms with Crippen LogP contribution in [0, 0.1) is 6.92 Å². The lowest BCUT2D eigenvalue weighted by Gasteiger charge is -2.40. The Kier molecular flexibility index (Phi) is 7.00. The molecule has 3 aliphatic rings. The van der Waals surface area contributed by atoms with Gasteiger partial charge in [0.15, 0.2) is 5.65 Å². The van der Waals surface area contributed by atoms with Crippen molar-refractivity contribution in [2.75, 3.05) is 44.2 Å². The number of rotatable bonds is 6. The molecule has 222 valence electrons. The average Bonchev–Trinajstić information content (AvgIpc) is 3.54. The Bertz CT molecular complexity index is 1720. The van der Waals surface area contributed by atoms with Crippen molar-refractivity contribution in [3.05, 3.63) is 66.7 Å². The van der Waals surface area contributed by atoms with Crippen LogP contribution in [0.4, 0.5) is 10.2 Å². The number of halogens is 1. The molecule has 4 aromatic rings. The van der Waals surface area contributed by atoms with Crippen LogP contribution in [-0.4, -0.2) is 87.7 Å². The van der Waals surface area contributed by atoms with Gasteiger partial charge in [-0.05, 0) is 67.8 Å². The summed E-state index contributed by atoms with van der Waals surface area (Å²) in [6.45, 7) is 11.3. The lowest BCUT2D eigenvalue weighted by molar-refractivity contribution is -0.126. The number of alkyl halides is 1. The van der Waals surface area contributed by atoms with E-state index in [4.69, 9.17) is 19.7 Å². The Morgan fingerprint density at radius 3 is 2.74 bits per heavy atom. The first-order valence-corrected chi connectivity index (χ1v) is 15.2. The van der Waals surface area contributed by atoms with E-state index in [9.17, 15) is 9.18 Å². The average molecular weight is 581 g/mol. The van der Waals surface area contributed by atoms with Crippen LogP contribution in [0.25, 0.3) is 33.1 Å². The molecule has 0 radical (unpaired) electrons. The van der Waals surface area contributed by atoms with Crippen LogP contribution < -0.4 is 9.64 Å². The van der Waals surface area contributed by atoms with E-state index in [1.165, 1.54) is 17.0 Å². The first-order valence-electron chi connectivity index (χ1n) is 15.2. The van der Waals surface area contributed by atoms with Gasteiger partial charge in [-0.3, -0.25) is 9.69 Å². The van der Waals surface area contributed by atoms with Gasteiger partial charge in [0.05, 0.1) is 16.6 Å². The van der Waals surface area contributed by atoms with E-state index in [2.05, 4.69) is 66.6 Å². The van der Waals surface area contributed by atoms with Crippen molar-refractivity contribution in [1.82, 2.24) is 24.8 Å². The van der Waals surface area contributed by atoms with Crippen LogP contribution in [-0.2, 0) is 4.79 Å². The number of pyridine rings is 1. The van der Waals surface area contributed by atoms with E-state index >= 15 is 0 Å². The second-order valence-electron chi connectivity index (χ2n) is 12.3. The van der Waals surface area contributed by atoms with Gasteiger partial charge >= 0.3 is 6.01 Å². The Morgan fingerprint density at radius 2 is 1.93 bits per heavy atom. The number of hydrogen-bond donors (Lipinski definition) is 0. The predicted octanol–water partition coefficient (Wildman–Crippen LogP) is 5.33. The molecule has 3 fully saturated rings. The molecule has 3 aliphatic heterocycles. The van der Waals surface area contributed by atoms with Crippen LogP contribution in [0.5, 0.6) is 6.01 Å². The summed E-state index contributed by atoms with van der Waals surface area (Å²) in [7, 11) is 0. The van der Waals surface area contributed by atoms with Crippen LogP contribution in [0.3, 0.4) is 0 Å². The summed E-state index contributed by atoms with van der Waals surface area (Å²) < 4.78 is 20.8. The Labute approximate surface area is 251 Å². The molecule has 43 heavy (non-hydrogen) atoms. The summed E-state index contributed by atoms with van der Waals surface area (Å²) in [6, 6.07) is 16.9. The van der Waals surface area contributed by atoms with E-state index in [-0.39, 0.29) is 23.5 Å². The zero-order chi connectivity index (χ0) is 29.7. The van der Waals surface area contributed by atoms with E-state index in [0.29, 0.717) is 44.9 Å². The molecule has 9 heteroatoms. The fourth-order valence-corrected chi connectivity index (χ4v) is 7.40. The number of piperazine rings is 1. The van der Waals surface area contributed by atoms with Crippen molar-refractivity contribution in [2.45, 2.75) is 50.9 Å². The number of ether oxygens (including phenoxy) is 1. The number of amides is 1. The fraction of sp³-hybridized carbons (Fsp3) is 0.412. The van der Waals surface area contributed by atoms with Crippen molar-refractivity contribution in [3.63, 3.8) is 0 Å². The number of benzene rings is 2. The SMILES string of the molecule is C=CC(=O)N1CCN(c2nc(OC[C@@]34CCCN3C[C@H](F)C4)nc3nc(-c4cccc5cccc(C)c45)ccc23)[C@H](C)C1. The van der Waals surface area contributed by atoms with Crippen LogP contribution in [0.1, 0.15) is 31.7 Å². The van der Waals surface area contributed by atoms with Gasteiger partial charge in [-0.15, -0.1) is 0 Å². The zero-order valence-electron chi connectivity index (χ0n) is 24.8. The number of aryl methyl sites for hydroxylation is 1. The van der Waals surface area contributed by atoms with Gasteiger partial charge in [-0.2, -0.15) is 9.97 Å². The fourth-order valence-electron chi connectivity index (χ4n) is 7.40. The molecule has 2 aromatic carbocycles. The quantitative estimate of drug-likeness (QED) is 0.286. The maximum Gasteiger partial charge on any atom is 0.320 e. The van der Waals surface area contributed by atoms with Gasteiger partial charge in [0, 0.05) is 44.2 Å². The van der Waals surface area contributed by atoms with E-state index < -0.39 is 6.17 Å². The van der Waals surface area contributed by atoms with E-state index in [0.717, 1.165) is 47.2 Å². The lowest BCUT2D eigenvalue weighted by atomic mass is 9.95. The monoisotopic (exact) mass is 580 g/mol. The molecule has 1 amide bonds. The smallest absolute Gasteiger partial charge is 0.320 e. The molecule has 2 aromatic heterocycles. The second-order valence-corrected chi connectivity index (χ2v) is 12.3. The van der Waals surface area contributed by atoms with E-state index in [1.54, 1.807) is 0 Å². The molecular weight excluding hydrogens is 543 g/mol. The van der Waals surface area contributed by atoms with Crippen LogP contribution >= 0.6 is 0 Å². The molecule has 0 unspecified atom stereocenters. The van der Waals surface area contributed by atoms with Crippen LogP contribution in [0.2, 0.25) is 0 Å². The summed E-state index contributed by atoms with van der Waals surface area (Å²) in [5, 5.41) is 3.16. The van der Waals surface area contributed by atoms with Gasteiger partial charge < -0.3 is 14.5 Å². The predicted molar refractivity (Wildman–Crippen MR) is 167 cm³/mol. The highest BCUT2D eigenvalue weighted by Gasteiger charge is 2.49. The number of hydrogen-bond acceptors (Lipinski definition) is 7. The lowest BCUT2D eigenvalue weighted by Crippen LogP contribution is -2.53. The topological polar surface area (TPSA) is 74.7 Å². The van der Waals surface area contributed by atoms with Gasteiger partial charge in [-0.1, -0.05) is 43.0 Å². The summed E-state index contributed by atoms with van der Waals surface area (Å²) in [5.74, 6) is 0.671. The number of anilines is 1. The molecular formula is C34H37FN6O2. The third-order valence-electron chi connectivity index (χ3n) is 9.52. The van der Waals surface area contributed by atoms with Crippen molar-refractivity contribution >= 4 is 33.5 Å². The Morgan fingerprint density at radius 1 is 1.09 bits per heavy atom. The maximum absolute atomic E-state index is 14.5. The maximum atomic E-state index is 14.5. The molecule has 0 aliphatic carbocycles. The summed E-state index contributed by atoms with van der Waals surface area (Å²) in [6.07, 6.45) is 2.96. The molecule has 5 heterocycles. The van der Waals surface area contributed by atoms with E-state index in [1.807, 2.05) is 17.0 Å². The number of carbonyl (C=O) groups excluding carboxylic acids is 1. The highest BCUT2D eigenvalue weighted by Crippen LogP contribution is 2.41. The minimum Gasteiger partial charge on any atom is -0.461 e. The number of fused-ring (bicyclic) bond motifs is 3. The van der Waals surface area contributed by atoms with Crippen molar-refractivity contribution in [3.8, 4) is 17.3 Å². The van der Waals surface area contributed by atoms with Crippen LogP contribution in [0.15, 0.2) is 61.2 Å². The Hall–Kier alpha value is -4.11. The third-order valence-corrected chi connectivity index (χ3v) is 9.52. The van der Waals surface area contributed by atoms with Crippen molar-refractivity contribution < 1.29 is 13.9 Å². The highest BCUT2D eigenvalue weighted by atomic mass is 19.1. The summed E-state index contributed by atoms with van der Waals surface area (Å²) in [5.41, 5.74) is 3.30. The van der Waals surface area contributed by atoms with Gasteiger partial charge in [0.2, 0.25) is 5.91 Å². The molecule has 3 atom stereocenters. The van der Waals surface area contributed by atoms with Gasteiger partial charge in [-0.25, -0.2) is 9.37 Å². The molecule has 3 saturated heterocycles. The van der Waals surface area contributed by atoms with Gasteiger partial charge in [0.25, 0.3) is 0 Å². The van der Waals surface area contributed by atoms with Gasteiger partial charge in [0.1, 0.15) is 18.6 Å². The first kappa shape index (κ1) is 27.7. The molecule has 8 nitrogen and oxygen atoms in total. The first-order chi connectivity index (χ1) is 20.8. The molecule has 0 bridgehead atoms. The zero-order valence-corrected chi connectivity index (χ0v) is 24.8. The Balaban J connectivity index is 1.30. The molecule has 0 N–H and O–H groups in total. The molecule has 7 rings (SSSR count). The summed E-state index contributed by atoms with van der Waals surface area (Å²) >= 11 is 0. The largest absolute Gasteiger partial charge is 0.461 e. The molecule has 0 saturated carbocycles. The normalized spacial score (nSPS) is 24.1. The minimum atomic E-state index is -0.833. The molecule has 0 spiro atoms. The summed E-state index contributed by atoms with van der Waals surface area (Å²) in [4.78, 5) is 33.4. The number of nitrogens with zero attached hydrogens (tertiary/aromatic N) is 6.